The van der Waals surface area contributed by atoms with Crippen LogP contribution in [0.5, 0.6) is 0 Å². The summed E-state index contributed by atoms with van der Waals surface area (Å²) >= 11 is 0. The number of fused-ring (bicyclic) bond motifs is 3. The molecule has 18 heavy (non-hydrogen) atoms. The Kier molecular flexibility index (Phi) is 2.21. The van der Waals surface area contributed by atoms with Crippen molar-refractivity contribution in [2.24, 2.45) is 5.92 Å². The van der Waals surface area contributed by atoms with Gasteiger partial charge in [-0.25, -0.2) is 4.79 Å². The van der Waals surface area contributed by atoms with Crippen molar-refractivity contribution in [2.75, 3.05) is 0 Å². The number of hydrogen-bond donors (Lipinski definition) is 0. The molecule has 0 aromatic rings. The van der Waals surface area contributed by atoms with E-state index in [4.69, 9.17) is 4.74 Å². The van der Waals surface area contributed by atoms with E-state index < -0.39 is 0 Å². The molecular formula is C15H14O3. The number of rotatable bonds is 0. The minimum atomic E-state index is -0.330. The summed E-state index contributed by atoms with van der Waals surface area (Å²) in [5.74, 6) is -0.337. The van der Waals surface area contributed by atoms with Crippen molar-refractivity contribution < 1.29 is 14.3 Å². The Morgan fingerprint density at radius 3 is 2.56 bits per heavy atom. The Labute approximate surface area is 106 Å². The van der Waals surface area contributed by atoms with Crippen molar-refractivity contribution in [3.63, 3.8) is 0 Å². The second-order valence-electron chi connectivity index (χ2n) is 5.07. The summed E-state index contributed by atoms with van der Waals surface area (Å²) in [5, 5.41) is 0. The summed E-state index contributed by atoms with van der Waals surface area (Å²) in [6.07, 6.45) is 5.14. The number of carbonyl (C=O) groups excluding carboxylic acids is 2. The summed E-state index contributed by atoms with van der Waals surface area (Å²) in [6.45, 7) is 5.63. The molecule has 0 saturated heterocycles. The minimum absolute atomic E-state index is 0.0431. The van der Waals surface area contributed by atoms with Gasteiger partial charge in [0.25, 0.3) is 0 Å². The first-order valence-electron chi connectivity index (χ1n) is 6.04. The van der Waals surface area contributed by atoms with Crippen molar-refractivity contribution in [1.29, 1.82) is 0 Å². The monoisotopic (exact) mass is 242 g/mol. The first-order valence-corrected chi connectivity index (χ1v) is 6.04. The lowest BCUT2D eigenvalue weighted by atomic mass is 9.87. The standard InChI is InChI=1S/C15H14O3/c1-7-4-5-10-9(3)15(17)18-14(10)13-8(2)6-11(16)12(7)13/h4-6,13-14H,1-3H3/t13-,14-/m1/s1. The summed E-state index contributed by atoms with van der Waals surface area (Å²) in [4.78, 5) is 23.7. The third-order valence-corrected chi connectivity index (χ3v) is 3.95. The van der Waals surface area contributed by atoms with Gasteiger partial charge in [0.2, 0.25) is 0 Å². The summed E-state index contributed by atoms with van der Waals surface area (Å²) in [7, 11) is 0. The van der Waals surface area contributed by atoms with Gasteiger partial charge < -0.3 is 4.74 Å². The van der Waals surface area contributed by atoms with Gasteiger partial charge in [-0.3, -0.25) is 4.79 Å². The Balaban J connectivity index is 2.20. The van der Waals surface area contributed by atoms with Gasteiger partial charge in [-0.15, -0.1) is 0 Å². The zero-order valence-corrected chi connectivity index (χ0v) is 10.6. The molecule has 3 heteroatoms. The lowest BCUT2D eigenvalue weighted by molar-refractivity contribution is -0.140. The lowest BCUT2D eigenvalue weighted by Crippen LogP contribution is -2.24. The van der Waals surface area contributed by atoms with E-state index in [2.05, 4.69) is 0 Å². The quantitative estimate of drug-likeness (QED) is 0.612. The molecule has 0 radical (unpaired) electrons. The van der Waals surface area contributed by atoms with Crippen LogP contribution in [0.25, 0.3) is 0 Å². The van der Waals surface area contributed by atoms with Crippen LogP contribution < -0.4 is 0 Å². The highest BCUT2D eigenvalue weighted by atomic mass is 16.5. The minimum Gasteiger partial charge on any atom is -0.453 e. The third-order valence-electron chi connectivity index (χ3n) is 3.95. The fourth-order valence-corrected chi connectivity index (χ4v) is 2.96. The molecule has 0 aromatic carbocycles. The molecule has 0 fully saturated rings. The second-order valence-corrected chi connectivity index (χ2v) is 5.07. The highest BCUT2D eigenvalue weighted by Crippen LogP contribution is 2.43. The molecule has 0 amide bonds. The Hall–Kier alpha value is -1.90. The molecule has 1 heterocycles. The van der Waals surface area contributed by atoms with Crippen LogP contribution in [0.4, 0.5) is 0 Å². The predicted octanol–water partition coefficient (Wildman–Crippen LogP) is 2.26. The number of esters is 1. The maximum absolute atomic E-state index is 12.0. The van der Waals surface area contributed by atoms with Crippen LogP contribution in [0.3, 0.4) is 0 Å². The van der Waals surface area contributed by atoms with Crippen LogP contribution in [0.2, 0.25) is 0 Å². The number of carbonyl (C=O) groups is 2. The largest absolute Gasteiger partial charge is 0.453 e. The van der Waals surface area contributed by atoms with E-state index in [1.54, 1.807) is 13.0 Å². The molecule has 1 aliphatic heterocycles. The van der Waals surface area contributed by atoms with Gasteiger partial charge in [0.1, 0.15) is 6.10 Å². The van der Waals surface area contributed by atoms with Crippen LogP contribution in [-0.4, -0.2) is 17.9 Å². The molecule has 2 aliphatic carbocycles. The van der Waals surface area contributed by atoms with E-state index in [-0.39, 0.29) is 23.8 Å². The average molecular weight is 242 g/mol. The van der Waals surface area contributed by atoms with Gasteiger partial charge in [-0.05, 0) is 32.4 Å². The van der Waals surface area contributed by atoms with E-state index >= 15 is 0 Å². The van der Waals surface area contributed by atoms with E-state index in [1.807, 2.05) is 26.0 Å². The van der Waals surface area contributed by atoms with Crippen LogP contribution in [-0.2, 0) is 14.3 Å². The molecule has 3 nitrogen and oxygen atoms in total. The Bertz CT molecular complexity index is 599. The van der Waals surface area contributed by atoms with Crippen LogP contribution in [0.15, 0.2) is 46.1 Å². The van der Waals surface area contributed by atoms with Gasteiger partial charge >= 0.3 is 5.97 Å². The number of allylic oxidation sites excluding steroid dienone is 3. The van der Waals surface area contributed by atoms with Crippen LogP contribution in [0, 0.1) is 5.92 Å². The van der Waals surface area contributed by atoms with Gasteiger partial charge in [0.05, 0.1) is 5.92 Å². The highest BCUT2D eigenvalue weighted by molar-refractivity contribution is 6.09. The number of ketones is 1. The lowest BCUT2D eigenvalue weighted by Gasteiger charge is -2.21. The van der Waals surface area contributed by atoms with E-state index in [1.165, 1.54) is 0 Å². The average Bonchev–Trinajstić information content (AvgIpc) is 2.68. The van der Waals surface area contributed by atoms with Crippen molar-refractivity contribution in [1.82, 2.24) is 0 Å². The molecular weight excluding hydrogens is 228 g/mol. The number of hydrogen-bond acceptors (Lipinski definition) is 3. The summed E-state index contributed by atoms with van der Waals surface area (Å²) in [6, 6.07) is 0. The zero-order chi connectivity index (χ0) is 13.0. The van der Waals surface area contributed by atoms with Crippen molar-refractivity contribution >= 4 is 11.8 Å². The number of ether oxygens (including phenoxy) is 1. The SMILES string of the molecule is CC1=CC(=O)C2=C(C)C=CC3=C(C)C(=O)O[C@H]3[C@H]12. The topological polar surface area (TPSA) is 43.4 Å². The Morgan fingerprint density at radius 1 is 1.11 bits per heavy atom. The molecule has 0 unspecified atom stereocenters. The van der Waals surface area contributed by atoms with Crippen molar-refractivity contribution in [3.8, 4) is 0 Å². The Morgan fingerprint density at radius 2 is 1.83 bits per heavy atom. The van der Waals surface area contributed by atoms with E-state index in [0.29, 0.717) is 5.57 Å². The molecule has 0 bridgehead atoms. The molecule has 92 valence electrons. The fourth-order valence-electron chi connectivity index (χ4n) is 2.96. The van der Waals surface area contributed by atoms with Crippen LogP contribution >= 0.6 is 0 Å². The smallest absolute Gasteiger partial charge is 0.334 e. The van der Waals surface area contributed by atoms with Crippen LogP contribution in [0.1, 0.15) is 20.8 Å². The molecule has 3 rings (SSSR count). The van der Waals surface area contributed by atoms with Crippen molar-refractivity contribution in [2.45, 2.75) is 26.9 Å². The van der Waals surface area contributed by atoms with E-state index in [9.17, 15) is 9.59 Å². The second kappa shape index (κ2) is 3.55. The first-order chi connectivity index (χ1) is 8.50. The highest BCUT2D eigenvalue weighted by Gasteiger charge is 2.44. The van der Waals surface area contributed by atoms with Gasteiger partial charge in [0.15, 0.2) is 5.78 Å². The molecule has 2 atom stereocenters. The molecule has 3 aliphatic rings. The predicted molar refractivity (Wildman–Crippen MR) is 66.7 cm³/mol. The normalized spacial score (nSPS) is 30.3. The third kappa shape index (κ3) is 1.30. The van der Waals surface area contributed by atoms with Gasteiger partial charge in [0, 0.05) is 16.7 Å². The molecule has 0 N–H and O–H groups in total. The molecule has 0 spiro atoms. The maximum atomic E-state index is 12.0. The maximum Gasteiger partial charge on any atom is 0.334 e. The van der Waals surface area contributed by atoms with Crippen molar-refractivity contribution in [3.05, 3.63) is 46.1 Å². The van der Waals surface area contributed by atoms with E-state index in [0.717, 1.165) is 22.3 Å². The zero-order valence-electron chi connectivity index (χ0n) is 10.6. The fraction of sp³-hybridized carbons (Fsp3) is 0.333. The summed E-state index contributed by atoms with van der Waals surface area (Å²) in [5.41, 5.74) is 4.26. The first kappa shape index (κ1) is 11.2. The summed E-state index contributed by atoms with van der Waals surface area (Å²) < 4.78 is 5.45. The molecule has 0 aromatic heterocycles. The van der Waals surface area contributed by atoms with Gasteiger partial charge in [-0.2, -0.15) is 0 Å². The van der Waals surface area contributed by atoms with Gasteiger partial charge in [-0.1, -0.05) is 17.7 Å². The molecule has 0 saturated carbocycles.